The molecule has 1 aliphatic heterocycles. The number of nitrogens with zero attached hydrogens (tertiary/aromatic N) is 2. The van der Waals surface area contributed by atoms with Gasteiger partial charge in [0, 0.05) is 22.0 Å². The van der Waals surface area contributed by atoms with Crippen molar-refractivity contribution in [2.45, 2.75) is 18.6 Å². The second kappa shape index (κ2) is 8.09. The molecule has 4 aromatic carbocycles. The van der Waals surface area contributed by atoms with Crippen LogP contribution in [0.4, 0.5) is 32.0 Å². The number of para-hydroxylation sites is 1. The summed E-state index contributed by atoms with van der Waals surface area (Å²) >= 11 is 0. The fraction of sp³-hybridized carbons (Fsp3) is 0.107. The second-order valence-corrected chi connectivity index (χ2v) is 8.92. The number of amides is 1. The molecular formula is C28H16F6N2O2. The molecule has 1 N–H and O–H groups in total. The van der Waals surface area contributed by atoms with Gasteiger partial charge in [0.1, 0.15) is 0 Å². The molecule has 1 unspecified atom stereocenters. The van der Waals surface area contributed by atoms with Crippen LogP contribution in [-0.4, -0.2) is 15.6 Å². The zero-order valence-electron chi connectivity index (χ0n) is 19.2. The molecule has 0 fully saturated rings. The number of aliphatic hydroxyl groups is 1. The van der Waals surface area contributed by atoms with E-state index in [0.29, 0.717) is 5.69 Å². The number of aliphatic hydroxyl groups excluding tert-OH is 1. The van der Waals surface area contributed by atoms with E-state index >= 15 is 0 Å². The molecule has 0 radical (unpaired) electrons. The molecule has 2 heterocycles. The van der Waals surface area contributed by atoms with E-state index in [1.54, 1.807) is 48.5 Å². The number of carbonyl (C=O) groups is 1. The molecule has 0 bridgehead atoms. The average Bonchev–Trinajstić information content (AvgIpc) is 3.34. The molecular weight excluding hydrogens is 510 g/mol. The van der Waals surface area contributed by atoms with Gasteiger partial charge in [0.05, 0.1) is 33.4 Å². The molecule has 4 nitrogen and oxygen atoms in total. The predicted molar refractivity (Wildman–Crippen MR) is 129 cm³/mol. The number of fused-ring (bicyclic) bond motifs is 4. The normalized spacial score (nSPS) is 16.0. The Morgan fingerprint density at radius 1 is 0.684 bits per heavy atom. The summed E-state index contributed by atoms with van der Waals surface area (Å²) in [4.78, 5) is 14.8. The Morgan fingerprint density at radius 2 is 1.24 bits per heavy atom. The summed E-state index contributed by atoms with van der Waals surface area (Å²) < 4.78 is 82.6. The first-order valence-corrected chi connectivity index (χ1v) is 11.4. The van der Waals surface area contributed by atoms with Gasteiger partial charge in [0.15, 0.2) is 6.23 Å². The van der Waals surface area contributed by atoms with Crippen LogP contribution in [0.5, 0.6) is 0 Å². The summed E-state index contributed by atoms with van der Waals surface area (Å²) in [6, 6.07) is 18.8. The van der Waals surface area contributed by atoms with Crippen LogP contribution >= 0.6 is 0 Å². The Kier molecular flexibility index (Phi) is 5.12. The van der Waals surface area contributed by atoms with E-state index in [9.17, 15) is 36.2 Å². The van der Waals surface area contributed by atoms with Gasteiger partial charge in [0.2, 0.25) is 0 Å². The molecule has 1 aliphatic rings. The van der Waals surface area contributed by atoms with Crippen LogP contribution in [0, 0.1) is 0 Å². The van der Waals surface area contributed by atoms with Crippen molar-refractivity contribution >= 4 is 33.4 Å². The number of aromatic nitrogens is 1. The van der Waals surface area contributed by atoms with Gasteiger partial charge in [-0.1, -0.05) is 30.3 Å². The topological polar surface area (TPSA) is 45.5 Å². The van der Waals surface area contributed by atoms with Crippen molar-refractivity contribution in [3.05, 3.63) is 107 Å². The summed E-state index contributed by atoms with van der Waals surface area (Å²) in [5.74, 6) is -0.553. The minimum Gasteiger partial charge on any atom is -0.369 e. The van der Waals surface area contributed by atoms with Gasteiger partial charge in [-0.15, -0.1) is 0 Å². The quantitative estimate of drug-likeness (QED) is 0.243. The number of halogens is 6. The zero-order chi connectivity index (χ0) is 27.0. The van der Waals surface area contributed by atoms with Crippen molar-refractivity contribution in [2.24, 2.45) is 0 Å². The van der Waals surface area contributed by atoms with Crippen LogP contribution in [0.2, 0.25) is 0 Å². The molecule has 1 aromatic heterocycles. The van der Waals surface area contributed by atoms with E-state index in [2.05, 4.69) is 0 Å². The highest BCUT2D eigenvalue weighted by Gasteiger charge is 2.39. The van der Waals surface area contributed by atoms with Gasteiger partial charge in [0.25, 0.3) is 5.91 Å². The standard InChI is InChI=1S/C28H16F6N2O2/c29-27(30,31)15-9-11-21-19(13-15)20-14-16(28(32,33)34)10-12-22(20)36(21)23-8-4-7-18-24(23)26(38)35(25(18)37)17-5-2-1-3-6-17/h1-14,25,37H. The number of hydrogen-bond donors (Lipinski definition) is 1. The van der Waals surface area contributed by atoms with Crippen molar-refractivity contribution in [1.29, 1.82) is 0 Å². The van der Waals surface area contributed by atoms with E-state index in [1.165, 1.54) is 21.6 Å². The maximum absolute atomic E-state index is 13.6. The highest BCUT2D eigenvalue weighted by Crippen LogP contribution is 2.43. The smallest absolute Gasteiger partial charge is 0.369 e. The first-order valence-electron chi connectivity index (χ1n) is 11.4. The van der Waals surface area contributed by atoms with Crippen LogP contribution in [0.25, 0.3) is 27.5 Å². The second-order valence-electron chi connectivity index (χ2n) is 8.92. The molecule has 10 heteroatoms. The van der Waals surface area contributed by atoms with Crippen LogP contribution in [0.15, 0.2) is 84.9 Å². The van der Waals surface area contributed by atoms with Gasteiger partial charge in [-0.2, -0.15) is 26.3 Å². The van der Waals surface area contributed by atoms with Crippen LogP contribution < -0.4 is 4.90 Å². The Morgan fingerprint density at radius 3 is 1.76 bits per heavy atom. The molecule has 5 aromatic rings. The van der Waals surface area contributed by atoms with Gasteiger partial charge in [-0.3, -0.25) is 9.69 Å². The third-order valence-electron chi connectivity index (χ3n) is 6.73. The lowest BCUT2D eigenvalue weighted by molar-refractivity contribution is -0.138. The third kappa shape index (κ3) is 3.55. The number of benzene rings is 4. The molecule has 0 aliphatic carbocycles. The molecule has 0 spiro atoms. The van der Waals surface area contributed by atoms with Crippen molar-refractivity contribution in [2.75, 3.05) is 4.90 Å². The van der Waals surface area contributed by atoms with Crippen molar-refractivity contribution in [3.8, 4) is 5.69 Å². The number of carbonyl (C=O) groups excluding carboxylic acids is 1. The summed E-state index contributed by atoms with van der Waals surface area (Å²) in [6.45, 7) is 0. The molecule has 192 valence electrons. The minimum atomic E-state index is -4.71. The fourth-order valence-corrected chi connectivity index (χ4v) is 5.05. The van der Waals surface area contributed by atoms with E-state index in [4.69, 9.17) is 0 Å². The maximum Gasteiger partial charge on any atom is 0.416 e. The Balaban J connectivity index is 1.65. The SMILES string of the molecule is O=C1c2c(cccc2-n2c3ccc(C(F)(F)F)cc3c3cc(C(F)(F)F)ccc32)C(O)N1c1ccccc1. The molecule has 6 rings (SSSR count). The Bertz CT molecular complexity index is 1670. The predicted octanol–water partition coefficient (Wildman–Crippen LogP) is 7.47. The van der Waals surface area contributed by atoms with Crippen LogP contribution in [0.3, 0.4) is 0 Å². The number of hydrogen-bond acceptors (Lipinski definition) is 2. The van der Waals surface area contributed by atoms with Crippen molar-refractivity contribution in [1.82, 2.24) is 4.57 Å². The summed E-state index contributed by atoms with van der Waals surface area (Å²) in [6.07, 6.45) is -10.8. The summed E-state index contributed by atoms with van der Waals surface area (Å²) in [5, 5.41) is 10.9. The van der Waals surface area contributed by atoms with E-state index < -0.39 is 35.6 Å². The van der Waals surface area contributed by atoms with Gasteiger partial charge in [-0.25, -0.2) is 0 Å². The first-order chi connectivity index (χ1) is 18.0. The van der Waals surface area contributed by atoms with Gasteiger partial charge in [-0.05, 0) is 54.6 Å². The summed E-state index contributed by atoms with van der Waals surface area (Å²) in [5.41, 5.74) is -0.638. The molecule has 38 heavy (non-hydrogen) atoms. The Hall–Kier alpha value is -4.31. The molecule has 1 amide bonds. The molecule has 1 atom stereocenters. The zero-order valence-corrected chi connectivity index (χ0v) is 19.2. The Labute approximate surface area is 210 Å². The molecule has 0 saturated heterocycles. The first kappa shape index (κ1) is 24.1. The van der Waals surface area contributed by atoms with E-state index in [1.807, 2.05) is 0 Å². The lowest BCUT2D eigenvalue weighted by atomic mass is 10.1. The lowest BCUT2D eigenvalue weighted by Gasteiger charge is -2.20. The van der Waals surface area contributed by atoms with Gasteiger partial charge >= 0.3 is 12.4 Å². The largest absolute Gasteiger partial charge is 0.416 e. The van der Waals surface area contributed by atoms with Crippen molar-refractivity contribution in [3.63, 3.8) is 0 Å². The highest BCUT2D eigenvalue weighted by molar-refractivity contribution is 6.15. The maximum atomic E-state index is 13.6. The number of anilines is 1. The monoisotopic (exact) mass is 526 g/mol. The number of alkyl halides is 6. The van der Waals surface area contributed by atoms with Crippen molar-refractivity contribution < 1.29 is 36.2 Å². The third-order valence-corrected chi connectivity index (χ3v) is 6.73. The van der Waals surface area contributed by atoms with E-state index in [-0.39, 0.29) is 38.6 Å². The van der Waals surface area contributed by atoms with E-state index in [0.717, 1.165) is 24.3 Å². The van der Waals surface area contributed by atoms with Gasteiger partial charge < -0.3 is 9.67 Å². The number of rotatable bonds is 2. The highest BCUT2D eigenvalue weighted by atomic mass is 19.4. The lowest BCUT2D eigenvalue weighted by Crippen LogP contribution is -2.27. The summed E-state index contributed by atoms with van der Waals surface area (Å²) in [7, 11) is 0. The minimum absolute atomic E-state index is 0.0514. The fourth-order valence-electron chi connectivity index (χ4n) is 5.05. The van der Waals surface area contributed by atoms with Crippen LogP contribution in [-0.2, 0) is 12.4 Å². The average molecular weight is 526 g/mol. The molecule has 0 saturated carbocycles. The van der Waals surface area contributed by atoms with Crippen LogP contribution in [0.1, 0.15) is 33.3 Å².